The van der Waals surface area contributed by atoms with Gasteiger partial charge in [0.2, 0.25) is 0 Å². The van der Waals surface area contributed by atoms with Gasteiger partial charge in [-0.3, -0.25) is 0 Å². The van der Waals surface area contributed by atoms with E-state index < -0.39 is 8.11 Å². The second-order valence-corrected chi connectivity index (χ2v) is 13.3. The number of nitrogens with one attached hydrogen (secondary N) is 1. The minimum Gasteiger partial charge on any atom is -0.365 e. The van der Waals surface area contributed by atoms with Crippen molar-refractivity contribution in [3.63, 3.8) is 0 Å². The highest BCUT2D eigenvalue weighted by molar-refractivity contribution is 7.09. The molecule has 0 aliphatic carbocycles. The summed E-state index contributed by atoms with van der Waals surface area (Å²) in [5.41, 5.74) is -0.337. The molecule has 0 atom stereocenters. The molecule has 194 valence electrons. The zero-order valence-corrected chi connectivity index (χ0v) is 24.0. The number of halogens is 1. The molecule has 0 aromatic heterocycles. The van der Waals surface area contributed by atoms with Gasteiger partial charge < -0.3 is 18.6 Å². The van der Waals surface area contributed by atoms with Crippen LogP contribution in [0, 0.1) is 0 Å². The van der Waals surface area contributed by atoms with E-state index in [4.69, 9.17) is 24.4 Å². The highest BCUT2D eigenvalue weighted by Gasteiger charge is 2.42. The lowest BCUT2D eigenvalue weighted by atomic mass is 10.0. The van der Waals surface area contributed by atoms with Crippen LogP contribution in [0.1, 0.15) is 136 Å². The van der Waals surface area contributed by atoms with Gasteiger partial charge in [-0.15, -0.1) is 0 Å². The van der Waals surface area contributed by atoms with E-state index in [0.29, 0.717) is 0 Å². The maximum absolute atomic E-state index is 6.24. The summed E-state index contributed by atoms with van der Waals surface area (Å²) in [5.74, 6) is 0. The summed E-state index contributed by atoms with van der Waals surface area (Å²) in [7, 11) is 0.0829. The molecule has 0 unspecified atom stereocenters. The molecule has 0 spiro atoms. The standard InChI is InChI=1S/C26H56ClNO3Si/c1-6-7-8-9-10-11-12-13-14-15-16-17-18-19-20-21-24-28-25-22-23-26(2,3)31-32(27,29-4)30-5/h28H,6-25H2,1-5H3. The first-order chi connectivity index (χ1) is 15.4. The Morgan fingerprint density at radius 1 is 0.625 bits per heavy atom. The van der Waals surface area contributed by atoms with Crippen LogP contribution in [0.15, 0.2) is 0 Å². The van der Waals surface area contributed by atoms with Crippen LogP contribution < -0.4 is 5.32 Å². The van der Waals surface area contributed by atoms with E-state index in [-0.39, 0.29) is 5.60 Å². The molecule has 0 aliphatic heterocycles. The first kappa shape index (κ1) is 32.3. The average molecular weight is 494 g/mol. The third-order valence-electron chi connectivity index (χ3n) is 6.23. The number of unbranched alkanes of at least 4 members (excludes halogenated alkanes) is 15. The van der Waals surface area contributed by atoms with E-state index in [2.05, 4.69) is 12.2 Å². The second kappa shape index (κ2) is 21.9. The molecule has 0 saturated heterocycles. The third-order valence-corrected chi connectivity index (χ3v) is 9.15. The van der Waals surface area contributed by atoms with Crippen molar-refractivity contribution in [2.75, 3.05) is 27.3 Å². The molecular weight excluding hydrogens is 438 g/mol. The Morgan fingerprint density at radius 2 is 1.00 bits per heavy atom. The zero-order valence-electron chi connectivity index (χ0n) is 22.2. The summed E-state index contributed by atoms with van der Waals surface area (Å²) in [6, 6.07) is 0. The zero-order chi connectivity index (χ0) is 24.0. The Labute approximate surface area is 207 Å². The van der Waals surface area contributed by atoms with Crippen LogP contribution in [0.5, 0.6) is 0 Å². The van der Waals surface area contributed by atoms with E-state index in [1.165, 1.54) is 103 Å². The molecule has 0 aromatic carbocycles. The fourth-order valence-electron chi connectivity index (χ4n) is 4.11. The van der Waals surface area contributed by atoms with Crippen LogP contribution >= 0.6 is 11.1 Å². The molecule has 0 fully saturated rings. The molecule has 0 saturated carbocycles. The molecule has 0 heterocycles. The molecule has 0 bridgehead atoms. The Balaban J connectivity index is 3.31. The summed E-state index contributed by atoms with van der Waals surface area (Å²) in [6.45, 7) is 8.51. The molecule has 0 rings (SSSR count). The highest BCUT2D eigenvalue weighted by Crippen LogP contribution is 2.25. The summed E-state index contributed by atoms with van der Waals surface area (Å²) in [6.07, 6.45) is 24.7. The van der Waals surface area contributed by atoms with Crippen LogP contribution in [0.25, 0.3) is 0 Å². The highest BCUT2D eigenvalue weighted by atomic mass is 35.6. The number of hydrogen-bond acceptors (Lipinski definition) is 4. The monoisotopic (exact) mass is 493 g/mol. The summed E-state index contributed by atoms with van der Waals surface area (Å²) in [4.78, 5) is 0. The van der Waals surface area contributed by atoms with Crippen LogP contribution in [0.4, 0.5) is 0 Å². The van der Waals surface area contributed by atoms with Crippen molar-refractivity contribution in [2.45, 2.75) is 142 Å². The summed E-state index contributed by atoms with van der Waals surface area (Å²) in [5, 5.41) is 3.56. The van der Waals surface area contributed by atoms with Gasteiger partial charge in [-0.1, -0.05) is 114 Å². The van der Waals surface area contributed by atoms with Gasteiger partial charge in [-0.05, 0) is 46.2 Å². The van der Waals surface area contributed by atoms with Crippen molar-refractivity contribution >= 4 is 19.2 Å². The maximum Gasteiger partial charge on any atom is 0.613 e. The number of rotatable bonds is 25. The smallest absolute Gasteiger partial charge is 0.365 e. The molecule has 0 radical (unpaired) electrons. The molecule has 1 N–H and O–H groups in total. The van der Waals surface area contributed by atoms with Crippen molar-refractivity contribution in [1.82, 2.24) is 5.32 Å². The van der Waals surface area contributed by atoms with Gasteiger partial charge in [0.15, 0.2) is 0 Å². The average Bonchev–Trinajstić information content (AvgIpc) is 2.77. The first-order valence-electron chi connectivity index (χ1n) is 13.6. The Morgan fingerprint density at radius 3 is 1.41 bits per heavy atom. The van der Waals surface area contributed by atoms with E-state index >= 15 is 0 Å². The SMILES string of the molecule is CCCCCCCCCCCCCCCCCCNCCCC(C)(C)O[Si](Cl)(OC)OC. The van der Waals surface area contributed by atoms with Crippen molar-refractivity contribution in [1.29, 1.82) is 0 Å². The minimum atomic E-state index is -3.00. The lowest BCUT2D eigenvalue weighted by molar-refractivity contribution is 0.0146. The Bertz CT molecular complexity index is 395. The van der Waals surface area contributed by atoms with Crippen LogP contribution in [0.2, 0.25) is 0 Å². The van der Waals surface area contributed by atoms with E-state index in [1.807, 2.05) is 13.8 Å². The summed E-state index contributed by atoms with van der Waals surface area (Å²) >= 11 is 6.24. The Kier molecular flexibility index (Phi) is 22.1. The predicted octanol–water partition coefficient (Wildman–Crippen LogP) is 8.38. The van der Waals surface area contributed by atoms with E-state index in [0.717, 1.165) is 25.9 Å². The molecule has 0 amide bonds. The first-order valence-corrected chi connectivity index (χ1v) is 16.3. The van der Waals surface area contributed by atoms with Crippen LogP contribution in [-0.4, -0.2) is 41.0 Å². The molecule has 0 aliphatic rings. The van der Waals surface area contributed by atoms with Gasteiger partial charge in [0.25, 0.3) is 0 Å². The fourth-order valence-corrected chi connectivity index (χ4v) is 5.83. The molecule has 6 heteroatoms. The topological polar surface area (TPSA) is 39.7 Å². The van der Waals surface area contributed by atoms with Gasteiger partial charge >= 0.3 is 8.11 Å². The lowest BCUT2D eigenvalue weighted by Gasteiger charge is -2.31. The maximum atomic E-state index is 6.24. The minimum absolute atomic E-state index is 0.337. The van der Waals surface area contributed by atoms with Gasteiger partial charge in [-0.25, -0.2) is 0 Å². The predicted molar refractivity (Wildman–Crippen MR) is 142 cm³/mol. The summed E-state index contributed by atoms with van der Waals surface area (Å²) < 4.78 is 16.3. The lowest BCUT2D eigenvalue weighted by Crippen LogP contribution is -2.45. The fraction of sp³-hybridized carbons (Fsp3) is 1.00. The van der Waals surface area contributed by atoms with Gasteiger partial charge in [0, 0.05) is 14.2 Å². The van der Waals surface area contributed by atoms with Gasteiger partial charge in [0.05, 0.1) is 5.60 Å². The van der Waals surface area contributed by atoms with E-state index in [1.54, 1.807) is 14.2 Å². The van der Waals surface area contributed by atoms with Crippen LogP contribution in [0.3, 0.4) is 0 Å². The molecular formula is C26H56ClNO3Si. The van der Waals surface area contributed by atoms with Crippen molar-refractivity contribution in [2.24, 2.45) is 0 Å². The number of hydrogen-bond donors (Lipinski definition) is 1. The van der Waals surface area contributed by atoms with Gasteiger partial charge in [0.1, 0.15) is 0 Å². The van der Waals surface area contributed by atoms with E-state index in [9.17, 15) is 0 Å². The molecule has 32 heavy (non-hydrogen) atoms. The van der Waals surface area contributed by atoms with Crippen molar-refractivity contribution < 1.29 is 13.3 Å². The van der Waals surface area contributed by atoms with Crippen molar-refractivity contribution in [3.8, 4) is 0 Å². The largest absolute Gasteiger partial charge is 0.613 e. The quantitative estimate of drug-likeness (QED) is 0.0786. The molecule has 0 aromatic rings. The Hall–Kier alpha value is 0.347. The van der Waals surface area contributed by atoms with Gasteiger partial charge in [-0.2, -0.15) is 0 Å². The second-order valence-electron chi connectivity index (χ2n) is 9.91. The van der Waals surface area contributed by atoms with Crippen LogP contribution in [-0.2, 0) is 13.3 Å². The van der Waals surface area contributed by atoms with Crippen molar-refractivity contribution in [3.05, 3.63) is 0 Å². The normalized spacial score (nSPS) is 12.6. The third kappa shape index (κ3) is 20.9. The molecule has 4 nitrogen and oxygen atoms in total.